The average Bonchev–Trinajstić information content (AvgIpc) is 2.93. The van der Waals surface area contributed by atoms with E-state index in [-0.39, 0.29) is 34.9 Å². The van der Waals surface area contributed by atoms with E-state index < -0.39 is 8.32 Å². The van der Waals surface area contributed by atoms with E-state index in [0.29, 0.717) is 24.2 Å². The van der Waals surface area contributed by atoms with Gasteiger partial charge in [-0.1, -0.05) is 69.3 Å². The number of amides is 1. The molecule has 0 unspecified atom stereocenters. The number of hydrogen-bond acceptors (Lipinski definition) is 5. The maximum absolute atomic E-state index is 13.2. The molecule has 0 aliphatic heterocycles. The van der Waals surface area contributed by atoms with Crippen molar-refractivity contribution in [1.29, 1.82) is 0 Å². The van der Waals surface area contributed by atoms with E-state index in [0.717, 1.165) is 24.0 Å². The highest BCUT2D eigenvalue weighted by atomic mass is 28.4. The zero-order chi connectivity index (χ0) is 31.1. The Hall–Kier alpha value is -2.97. The number of nitrogens with zero attached hydrogens (tertiary/aromatic N) is 1. The standard InChI is InChI=1S/C35H50N2O4Si/c1-34(2,3)42(7,8)41-32(28-17-18-31(39)30(22-28)25-38)24-36-35(4,5)23-27-15-12-16-29(21-27)33(40)37(6)20-19-26-13-10-9-11-14-26/h9-18,21-22,32,36,38-39H,19-20,23-25H2,1-8H3/t32-/m0/s1. The normalized spacial score (nSPS) is 13.2. The van der Waals surface area contributed by atoms with Gasteiger partial charge in [0.2, 0.25) is 0 Å². The van der Waals surface area contributed by atoms with E-state index in [1.165, 1.54) is 5.56 Å². The van der Waals surface area contributed by atoms with Crippen LogP contribution in [0.5, 0.6) is 5.75 Å². The monoisotopic (exact) mass is 590 g/mol. The smallest absolute Gasteiger partial charge is 0.253 e. The fourth-order valence-corrected chi connectivity index (χ4v) is 6.00. The molecule has 6 nitrogen and oxygen atoms in total. The summed E-state index contributed by atoms with van der Waals surface area (Å²) in [5.74, 6) is 0.106. The number of aromatic hydroxyl groups is 1. The molecule has 228 valence electrons. The molecule has 0 radical (unpaired) electrons. The van der Waals surface area contributed by atoms with Gasteiger partial charge in [-0.3, -0.25) is 4.79 Å². The molecule has 3 aromatic carbocycles. The van der Waals surface area contributed by atoms with Crippen LogP contribution in [-0.4, -0.2) is 55.0 Å². The van der Waals surface area contributed by atoms with E-state index in [1.807, 2.05) is 55.6 Å². The second-order valence-electron chi connectivity index (χ2n) is 13.5. The molecule has 3 N–H and O–H groups in total. The van der Waals surface area contributed by atoms with Crippen LogP contribution in [0, 0.1) is 0 Å². The van der Waals surface area contributed by atoms with Gasteiger partial charge in [0.05, 0.1) is 12.7 Å². The zero-order valence-electron chi connectivity index (χ0n) is 26.7. The summed E-state index contributed by atoms with van der Waals surface area (Å²) in [6, 6.07) is 23.5. The molecule has 42 heavy (non-hydrogen) atoms. The van der Waals surface area contributed by atoms with Crippen molar-refractivity contribution in [2.24, 2.45) is 0 Å². The summed E-state index contributed by atoms with van der Waals surface area (Å²) in [7, 11) is -0.271. The first-order chi connectivity index (χ1) is 19.6. The minimum absolute atomic E-state index is 0.0217. The highest BCUT2D eigenvalue weighted by Crippen LogP contribution is 2.40. The van der Waals surface area contributed by atoms with Gasteiger partial charge in [0.25, 0.3) is 5.91 Å². The summed E-state index contributed by atoms with van der Waals surface area (Å²) >= 11 is 0. The van der Waals surface area contributed by atoms with Gasteiger partial charge in [-0.2, -0.15) is 0 Å². The third kappa shape index (κ3) is 9.26. The predicted octanol–water partition coefficient (Wildman–Crippen LogP) is 6.87. The molecule has 1 amide bonds. The fourth-order valence-electron chi connectivity index (χ4n) is 4.71. The maximum atomic E-state index is 13.2. The van der Waals surface area contributed by atoms with Gasteiger partial charge >= 0.3 is 0 Å². The number of benzene rings is 3. The molecule has 0 aromatic heterocycles. The van der Waals surface area contributed by atoms with Crippen molar-refractivity contribution in [3.8, 4) is 5.75 Å². The lowest BCUT2D eigenvalue weighted by Gasteiger charge is -2.40. The SMILES string of the molecule is CN(CCc1ccccc1)C(=O)c1cccc(CC(C)(C)NC[C@H](O[Si](C)(C)C(C)(C)C)c2ccc(O)c(CO)c2)c1. The number of carbonyl (C=O) groups is 1. The second kappa shape index (κ2) is 14.0. The van der Waals surface area contributed by atoms with Crippen LogP contribution in [0.3, 0.4) is 0 Å². The van der Waals surface area contributed by atoms with Crippen LogP contribution in [0.25, 0.3) is 0 Å². The molecule has 0 saturated carbocycles. The van der Waals surface area contributed by atoms with Crippen LogP contribution in [0.15, 0.2) is 72.8 Å². The van der Waals surface area contributed by atoms with Crippen LogP contribution in [-0.2, 0) is 23.9 Å². The van der Waals surface area contributed by atoms with Gasteiger partial charge in [0.15, 0.2) is 8.32 Å². The molecular formula is C35H50N2O4Si. The zero-order valence-corrected chi connectivity index (χ0v) is 27.7. The predicted molar refractivity (Wildman–Crippen MR) is 174 cm³/mol. The Labute approximate surface area is 253 Å². The van der Waals surface area contributed by atoms with Crippen molar-refractivity contribution < 1.29 is 19.4 Å². The van der Waals surface area contributed by atoms with E-state index >= 15 is 0 Å². The van der Waals surface area contributed by atoms with Crippen LogP contribution >= 0.6 is 0 Å². The minimum atomic E-state index is -2.13. The lowest BCUT2D eigenvalue weighted by atomic mass is 9.93. The first kappa shape index (κ1) is 33.5. The summed E-state index contributed by atoms with van der Waals surface area (Å²) in [4.78, 5) is 15.0. The van der Waals surface area contributed by atoms with Crippen molar-refractivity contribution in [2.45, 2.75) is 83.8 Å². The molecule has 0 heterocycles. The fraction of sp³-hybridized carbons (Fsp3) is 0.457. The largest absolute Gasteiger partial charge is 0.508 e. The van der Waals surface area contributed by atoms with E-state index in [9.17, 15) is 15.0 Å². The summed E-state index contributed by atoms with van der Waals surface area (Å²) < 4.78 is 6.87. The lowest BCUT2D eigenvalue weighted by molar-refractivity contribution is 0.0796. The van der Waals surface area contributed by atoms with E-state index in [4.69, 9.17) is 4.43 Å². The summed E-state index contributed by atoms with van der Waals surface area (Å²) in [5, 5.41) is 23.6. The van der Waals surface area contributed by atoms with Gasteiger partial charge in [0, 0.05) is 36.8 Å². The van der Waals surface area contributed by atoms with Crippen molar-refractivity contribution >= 4 is 14.2 Å². The van der Waals surface area contributed by atoms with Crippen molar-refractivity contribution in [1.82, 2.24) is 10.2 Å². The molecule has 3 aromatic rings. The Morgan fingerprint density at radius 2 is 1.62 bits per heavy atom. The number of aliphatic hydroxyl groups is 1. The minimum Gasteiger partial charge on any atom is -0.508 e. The Kier molecular flexibility index (Phi) is 11.2. The number of nitrogens with one attached hydrogen (secondary N) is 1. The topological polar surface area (TPSA) is 82.0 Å². The second-order valence-corrected chi connectivity index (χ2v) is 18.3. The summed E-state index contributed by atoms with van der Waals surface area (Å²) in [6.45, 7) is 16.4. The highest BCUT2D eigenvalue weighted by Gasteiger charge is 2.40. The lowest BCUT2D eigenvalue weighted by Crippen LogP contribution is -2.47. The third-order valence-corrected chi connectivity index (χ3v) is 12.9. The molecule has 7 heteroatoms. The van der Waals surface area contributed by atoms with Gasteiger partial charge in [0.1, 0.15) is 5.75 Å². The van der Waals surface area contributed by atoms with E-state index in [2.05, 4.69) is 71.2 Å². The Bertz CT molecular complexity index is 1320. The molecule has 0 saturated heterocycles. The number of likely N-dealkylation sites (N-methyl/N-ethyl adjacent to an activating group) is 1. The molecule has 0 aliphatic carbocycles. The van der Waals surface area contributed by atoms with Crippen molar-refractivity contribution in [3.05, 3.63) is 101 Å². The maximum Gasteiger partial charge on any atom is 0.253 e. The molecule has 1 atom stereocenters. The molecule has 0 fully saturated rings. The summed E-state index contributed by atoms with van der Waals surface area (Å²) in [6.07, 6.45) is 1.30. The van der Waals surface area contributed by atoms with Gasteiger partial charge < -0.3 is 24.9 Å². The molecule has 0 bridgehead atoms. The summed E-state index contributed by atoms with van der Waals surface area (Å²) in [5.41, 5.74) is 4.13. The first-order valence-electron chi connectivity index (χ1n) is 14.9. The molecular weight excluding hydrogens is 540 g/mol. The van der Waals surface area contributed by atoms with Crippen LogP contribution in [0.4, 0.5) is 0 Å². The molecule has 0 spiro atoms. The van der Waals surface area contributed by atoms with Crippen LogP contribution in [0.1, 0.15) is 73.3 Å². The van der Waals surface area contributed by atoms with E-state index in [1.54, 1.807) is 11.0 Å². The van der Waals surface area contributed by atoms with Crippen LogP contribution < -0.4 is 5.32 Å². The average molecular weight is 591 g/mol. The third-order valence-electron chi connectivity index (χ3n) is 8.40. The number of aliphatic hydroxyl groups excluding tert-OH is 1. The van der Waals surface area contributed by atoms with Gasteiger partial charge in [-0.25, -0.2) is 0 Å². The quantitative estimate of drug-likeness (QED) is 0.189. The number of carbonyl (C=O) groups excluding carboxylic acids is 1. The molecule has 3 rings (SSSR count). The molecule has 0 aliphatic rings. The Balaban J connectivity index is 1.71. The highest BCUT2D eigenvalue weighted by molar-refractivity contribution is 6.74. The van der Waals surface area contributed by atoms with Gasteiger partial charge in [-0.05, 0) is 85.8 Å². The Morgan fingerprint density at radius 1 is 0.952 bits per heavy atom. The van der Waals surface area contributed by atoms with Crippen LogP contribution in [0.2, 0.25) is 18.1 Å². The Morgan fingerprint density at radius 3 is 2.26 bits per heavy atom. The number of hydrogen-bond donors (Lipinski definition) is 3. The number of phenols is 1. The van der Waals surface area contributed by atoms with Gasteiger partial charge in [-0.15, -0.1) is 0 Å². The first-order valence-corrected chi connectivity index (χ1v) is 17.8. The van der Waals surface area contributed by atoms with Crippen molar-refractivity contribution in [2.75, 3.05) is 20.1 Å². The number of rotatable bonds is 13. The van der Waals surface area contributed by atoms with Crippen molar-refractivity contribution in [3.63, 3.8) is 0 Å².